The van der Waals surface area contributed by atoms with E-state index in [9.17, 15) is 4.79 Å². The second-order valence-electron chi connectivity index (χ2n) is 2.95. The zero-order valence-corrected chi connectivity index (χ0v) is 7.71. The van der Waals surface area contributed by atoms with Crippen molar-refractivity contribution in [2.45, 2.75) is 26.3 Å². The summed E-state index contributed by atoms with van der Waals surface area (Å²) >= 11 is 0. The van der Waals surface area contributed by atoms with Crippen LogP contribution in [0.3, 0.4) is 0 Å². The third kappa shape index (κ3) is 4.13. The van der Waals surface area contributed by atoms with Crippen LogP contribution in [0.2, 0.25) is 0 Å². The van der Waals surface area contributed by atoms with E-state index in [2.05, 4.69) is 11.9 Å². The van der Waals surface area contributed by atoms with E-state index < -0.39 is 5.97 Å². The quantitative estimate of drug-likeness (QED) is 0.467. The number of carboxylic acid groups (broad SMARTS) is 1. The minimum Gasteiger partial charge on any atom is -0.481 e. The SMILES string of the molecule is C=CCCNC(C)C(C)C(=O)O. The molecule has 70 valence electrons. The monoisotopic (exact) mass is 171 g/mol. The van der Waals surface area contributed by atoms with Gasteiger partial charge in [0.2, 0.25) is 0 Å². The van der Waals surface area contributed by atoms with E-state index in [0.29, 0.717) is 0 Å². The lowest BCUT2D eigenvalue weighted by molar-refractivity contribution is -0.141. The summed E-state index contributed by atoms with van der Waals surface area (Å²) in [6, 6.07) is 0.0162. The van der Waals surface area contributed by atoms with Gasteiger partial charge in [-0.1, -0.05) is 13.0 Å². The average Bonchev–Trinajstić information content (AvgIpc) is 2.03. The predicted molar refractivity (Wildman–Crippen MR) is 49.1 cm³/mol. The molecule has 0 aliphatic rings. The lowest BCUT2D eigenvalue weighted by Crippen LogP contribution is -2.36. The van der Waals surface area contributed by atoms with E-state index in [-0.39, 0.29) is 12.0 Å². The van der Waals surface area contributed by atoms with Crippen molar-refractivity contribution in [2.24, 2.45) is 5.92 Å². The smallest absolute Gasteiger partial charge is 0.307 e. The Morgan fingerprint density at radius 2 is 2.25 bits per heavy atom. The van der Waals surface area contributed by atoms with Gasteiger partial charge in [-0.25, -0.2) is 0 Å². The molecule has 0 saturated carbocycles. The second kappa shape index (κ2) is 5.77. The fraction of sp³-hybridized carbons (Fsp3) is 0.667. The molecule has 0 fully saturated rings. The molecule has 0 rings (SSSR count). The number of nitrogens with one attached hydrogen (secondary N) is 1. The largest absolute Gasteiger partial charge is 0.481 e. The Hall–Kier alpha value is -0.830. The first-order valence-corrected chi connectivity index (χ1v) is 4.16. The zero-order chi connectivity index (χ0) is 9.56. The molecule has 0 aromatic heterocycles. The molecule has 2 atom stereocenters. The molecule has 0 heterocycles. The fourth-order valence-corrected chi connectivity index (χ4v) is 0.804. The van der Waals surface area contributed by atoms with Crippen molar-refractivity contribution < 1.29 is 9.90 Å². The maximum Gasteiger partial charge on any atom is 0.307 e. The molecule has 3 nitrogen and oxygen atoms in total. The van der Waals surface area contributed by atoms with Crippen molar-refractivity contribution >= 4 is 5.97 Å². The summed E-state index contributed by atoms with van der Waals surface area (Å²) in [5.41, 5.74) is 0. The summed E-state index contributed by atoms with van der Waals surface area (Å²) in [6.45, 7) is 7.95. The third-order valence-electron chi connectivity index (χ3n) is 1.95. The van der Waals surface area contributed by atoms with E-state index in [0.717, 1.165) is 13.0 Å². The van der Waals surface area contributed by atoms with Crippen molar-refractivity contribution in [3.63, 3.8) is 0 Å². The topological polar surface area (TPSA) is 49.3 Å². The van der Waals surface area contributed by atoms with Crippen LogP contribution in [-0.2, 0) is 4.79 Å². The van der Waals surface area contributed by atoms with Crippen LogP contribution >= 0.6 is 0 Å². The van der Waals surface area contributed by atoms with Crippen LogP contribution in [0.1, 0.15) is 20.3 Å². The molecule has 3 heteroatoms. The van der Waals surface area contributed by atoms with Crippen molar-refractivity contribution in [1.29, 1.82) is 0 Å². The van der Waals surface area contributed by atoms with Crippen molar-refractivity contribution in [1.82, 2.24) is 5.32 Å². The van der Waals surface area contributed by atoms with Gasteiger partial charge in [0, 0.05) is 6.04 Å². The van der Waals surface area contributed by atoms with Gasteiger partial charge in [-0.2, -0.15) is 0 Å². The maximum absolute atomic E-state index is 10.5. The number of aliphatic carboxylic acids is 1. The van der Waals surface area contributed by atoms with E-state index in [1.54, 1.807) is 6.92 Å². The van der Waals surface area contributed by atoms with E-state index in [4.69, 9.17) is 5.11 Å². The Kier molecular flexibility index (Phi) is 5.37. The number of carbonyl (C=O) groups is 1. The van der Waals surface area contributed by atoms with Gasteiger partial charge in [0.15, 0.2) is 0 Å². The highest BCUT2D eigenvalue weighted by atomic mass is 16.4. The van der Waals surface area contributed by atoms with Crippen molar-refractivity contribution in [3.8, 4) is 0 Å². The Labute approximate surface area is 73.5 Å². The minimum absolute atomic E-state index is 0.0162. The molecule has 2 unspecified atom stereocenters. The summed E-state index contributed by atoms with van der Waals surface area (Å²) in [4.78, 5) is 10.5. The zero-order valence-electron chi connectivity index (χ0n) is 7.71. The molecule has 0 aliphatic heterocycles. The molecule has 0 spiro atoms. The Bertz CT molecular complexity index is 157. The number of hydrogen-bond donors (Lipinski definition) is 2. The Balaban J connectivity index is 3.63. The highest BCUT2D eigenvalue weighted by molar-refractivity contribution is 5.70. The third-order valence-corrected chi connectivity index (χ3v) is 1.95. The van der Waals surface area contributed by atoms with Gasteiger partial charge in [0.1, 0.15) is 0 Å². The van der Waals surface area contributed by atoms with Gasteiger partial charge in [0.25, 0.3) is 0 Å². The number of hydrogen-bond acceptors (Lipinski definition) is 2. The maximum atomic E-state index is 10.5. The summed E-state index contributed by atoms with van der Waals surface area (Å²) in [5.74, 6) is -1.09. The normalized spacial score (nSPS) is 15.2. The Morgan fingerprint density at radius 1 is 1.67 bits per heavy atom. The molecule has 12 heavy (non-hydrogen) atoms. The van der Waals surface area contributed by atoms with E-state index in [1.807, 2.05) is 13.0 Å². The van der Waals surface area contributed by atoms with Crippen molar-refractivity contribution in [3.05, 3.63) is 12.7 Å². The molecule has 0 aromatic rings. The van der Waals surface area contributed by atoms with Crippen LogP contribution in [0, 0.1) is 5.92 Å². The van der Waals surface area contributed by atoms with E-state index >= 15 is 0 Å². The second-order valence-corrected chi connectivity index (χ2v) is 2.95. The summed E-state index contributed by atoms with van der Waals surface area (Å²) in [5, 5.41) is 11.8. The minimum atomic E-state index is -0.756. The van der Waals surface area contributed by atoms with Crippen LogP contribution in [0.25, 0.3) is 0 Å². The first-order valence-electron chi connectivity index (χ1n) is 4.16. The highest BCUT2D eigenvalue weighted by Gasteiger charge is 2.17. The summed E-state index contributed by atoms with van der Waals surface area (Å²) < 4.78 is 0. The Morgan fingerprint density at radius 3 is 2.67 bits per heavy atom. The van der Waals surface area contributed by atoms with Gasteiger partial charge < -0.3 is 10.4 Å². The van der Waals surface area contributed by atoms with Crippen LogP contribution in [0.15, 0.2) is 12.7 Å². The molecular formula is C9H17NO2. The highest BCUT2D eigenvalue weighted by Crippen LogP contribution is 2.01. The van der Waals surface area contributed by atoms with Gasteiger partial charge in [-0.3, -0.25) is 4.79 Å². The molecular weight excluding hydrogens is 154 g/mol. The standard InChI is InChI=1S/C9H17NO2/c1-4-5-6-10-8(3)7(2)9(11)12/h4,7-8,10H,1,5-6H2,2-3H3,(H,11,12). The van der Waals surface area contributed by atoms with Crippen LogP contribution in [-0.4, -0.2) is 23.7 Å². The first-order chi connectivity index (χ1) is 5.59. The van der Waals surface area contributed by atoms with Gasteiger partial charge in [-0.05, 0) is 19.9 Å². The van der Waals surface area contributed by atoms with Gasteiger partial charge in [-0.15, -0.1) is 6.58 Å². The predicted octanol–water partition coefficient (Wildman–Crippen LogP) is 1.26. The number of rotatable bonds is 6. The summed E-state index contributed by atoms with van der Waals surface area (Å²) in [7, 11) is 0. The first kappa shape index (κ1) is 11.2. The molecule has 0 amide bonds. The van der Waals surface area contributed by atoms with Crippen molar-refractivity contribution in [2.75, 3.05) is 6.54 Å². The van der Waals surface area contributed by atoms with Gasteiger partial charge >= 0.3 is 5.97 Å². The van der Waals surface area contributed by atoms with Crippen LogP contribution in [0.4, 0.5) is 0 Å². The fourth-order valence-electron chi connectivity index (χ4n) is 0.804. The lowest BCUT2D eigenvalue weighted by Gasteiger charge is -2.16. The molecule has 2 N–H and O–H groups in total. The molecule has 0 aromatic carbocycles. The van der Waals surface area contributed by atoms with Gasteiger partial charge in [0.05, 0.1) is 5.92 Å². The molecule has 0 aliphatic carbocycles. The van der Waals surface area contributed by atoms with Crippen LogP contribution in [0.5, 0.6) is 0 Å². The number of carboxylic acids is 1. The van der Waals surface area contributed by atoms with E-state index in [1.165, 1.54) is 0 Å². The average molecular weight is 171 g/mol. The molecule has 0 radical (unpaired) electrons. The summed E-state index contributed by atoms with van der Waals surface area (Å²) in [6.07, 6.45) is 2.68. The molecule has 0 saturated heterocycles. The van der Waals surface area contributed by atoms with Crippen LogP contribution < -0.4 is 5.32 Å². The lowest BCUT2D eigenvalue weighted by atomic mass is 10.0. The molecule has 0 bridgehead atoms.